The zero-order valence-electron chi connectivity index (χ0n) is 19.0. The third kappa shape index (κ3) is 5.75. The molecule has 2 aliphatic heterocycles. The van der Waals surface area contributed by atoms with Crippen molar-refractivity contribution in [3.05, 3.63) is 59.4 Å². The molecule has 1 unspecified atom stereocenters. The Labute approximate surface area is 205 Å². The highest BCUT2D eigenvalue weighted by Crippen LogP contribution is 2.34. The molecule has 9 heteroatoms. The van der Waals surface area contributed by atoms with Crippen LogP contribution in [0.25, 0.3) is 0 Å². The van der Waals surface area contributed by atoms with Crippen LogP contribution in [0.2, 0.25) is 0 Å². The third-order valence-electron chi connectivity index (χ3n) is 6.43. The lowest BCUT2D eigenvalue weighted by Crippen LogP contribution is -2.39. The van der Waals surface area contributed by atoms with Crippen LogP contribution < -0.4 is 9.75 Å². The molecule has 1 aliphatic carbocycles. The van der Waals surface area contributed by atoms with E-state index in [1.54, 1.807) is 6.07 Å². The fraction of sp³-hybridized carbons (Fsp3) is 0.440. The van der Waals surface area contributed by atoms with Gasteiger partial charge in [-0.15, -0.1) is 12.4 Å². The smallest absolute Gasteiger partial charge is 0.248 e. The maximum Gasteiger partial charge on any atom is 0.248 e. The van der Waals surface area contributed by atoms with Crippen molar-refractivity contribution >= 4 is 29.7 Å². The summed E-state index contributed by atoms with van der Waals surface area (Å²) in [6, 6.07) is 12.3. The summed E-state index contributed by atoms with van der Waals surface area (Å²) in [5.41, 5.74) is 3.44. The number of benzene rings is 2. The van der Waals surface area contributed by atoms with Gasteiger partial charge in [0, 0.05) is 37.5 Å². The fourth-order valence-corrected chi connectivity index (χ4v) is 4.67. The second-order valence-electron chi connectivity index (χ2n) is 8.58. The molecule has 0 aromatic heterocycles. The van der Waals surface area contributed by atoms with Crippen LogP contribution in [0, 0.1) is 11.7 Å². The molecule has 2 aromatic rings. The van der Waals surface area contributed by atoms with Crippen LogP contribution >= 0.6 is 12.4 Å². The van der Waals surface area contributed by atoms with Crippen LogP contribution in [-0.2, 0) is 16.0 Å². The molecule has 2 N–H and O–H groups in total. The standard InChI is InChI=1S/C25H28FN3O3.ClH.H2O/c26-20-5-4-18-2-3-19-16-24(30)29(27-25(19)23(18)17-20)21-6-8-22(9-7-21)32-13-1-10-28-11-14-31-15-12-28;;/h4-9,17,19H,1-3,10-16H2;1H;1H2. The molecule has 7 nitrogen and oxygen atoms in total. The average Bonchev–Trinajstić information content (AvgIpc) is 2.82. The van der Waals surface area contributed by atoms with Crippen LogP contribution in [0.5, 0.6) is 5.75 Å². The summed E-state index contributed by atoms with van der Waals surface area (Å²) >= 11 is 0. The van der Waals surface area contributed by atoms with Crippen LogP contribution in [-0.4, -0.2) is 61.4 Å². The Morgan fingerprint density at radius 1 is 1.12 bits per heavy atom. The molecule has 0 spiro atoms. The monoisotopic (exact) mass is 491 g/mol. The summed E-state index contributed by atoms with van der Waals surface area (Å²) in [4.78, 5) is 15.2. The quantitative estimate of drug-likeness (QED) is 0.580. The number of amides is 1. The Morgan fingerprint density at radius 3 is 2.65 bits per heavy atom. The van der Waals surface area contributed by atoms with Gasteiger partial charge in [-0.05, 0) is 61.2 Å². The number of hydrazone groups is 1. The molecule has 3 aliphatic rings. The summed E-state index contributed by atoms with van der Waals surface area (Å²) in [6.45, 7) is 5.24. The van der Waals surface area contributed by atoms with Crippen LogP contribution in [0.15, 0.2) is 47.6 Å². The number of ether oxygens (including phenoxy) is 2. The molecular weight excluding hydrogens is 461 g/mol. The van der Waals surface area contributed by atoms with E-state index in [9.17, 15) is 9.18 Å². The normalized spacial score (nSPS) is 19.8. The van der Waals surface area contributed by atoms with Crippen molar-refractivity contribution in [2.75, 3.05) is 44.5 Å². The number of hydrogen-bond acceptors (Lipinski definition) is 5. The first-order valence-corrected chi connectivity index (χ1v) is 11.4. The number of halogens is 2. The average molecular weight is 492 g/mol. The molecule has 0 radical (unpaired) electrons. The Balaban J connectivity index is 0.00000162. The van der Waals surface area contributed by atoms with Crippen molar-refractivity contribution in [3.63, 3.8) is 0 Å². The lowest BCUT2D eigenvalue weighted by Gasteiger charge is -2.33. The van der Waals surface area contributed by atoms with Gasteiger partial charge in [0.1, 0.15) is 11.6 Å². The Bertz CT molecular complexity index is 1010. The number of carbonyl (C=O) groups excluding carboxylic acids is 1. The van der Waals surface area contributed by atoms with E-state index in [2.05, 4.69) is 10.0 Å². The number of hydrogen-bond donors (Lipinski definition) is 0. The number of aryl methyl sites for hydroxylation is 1. The number of anilines is 1. The predicted molar refractivity (Wildman–Crippen MR) is 132 cm³/mol. The fourth-order valence-electron chi connectivity index (χ4n) is 4.67. The minimum Gasteiger partial charge on any atom is -0.494 e. The topological polar surface area (TPSA) is 85.9 Å². The first kappa shape index (κ1) is 26.1. The van der Waals surface area contributed by atoms with Gasteiger partial charge in [-0.2, -0.15) is 5.10 Å². The first-order valence-electron chi connectivity index (χ1n) is 11.4. The summed E-state index contributed by atoms with van der Waals surface area (Å²) in [5.74, 6) is 0.529. The second-order valence-corrected chi connectivity index (χ2v) is 8.58. The summed E-state index contributed by atoms with van der Waals surface area (Å²) in [7, 11) is 0. The van der Waals surface area contributed by atoms with Gasteiger partial charge in [0.15, 0.2) is 0 Å². The number of fused-ring (bicyclic) bond motifs is 3. The molecule has 0 saturated carbocycles. The molecular formula is C25H31ClFN3O4. The highest BCUT2D eigenvalue weighted by Gasteiger charge is 2.34. The van der Waals surface area contributed by atoms with E-state index in [0.717, 1.165) is 74.7 Å². The minimum atomic E-state index is -0.273. The molecule has 184 valence electrons. The van der Waals surface area contributed by atoms with E-state index < -0.39 is 0 Å². The Hall–Kier alpha value is -2.52. The van der Waals surface area contributed by atoms with E-state index in [-0.39, 0.29) is 35.5 Å². The van der Waals surface area contributed by atoms with Crippen molar-refractivity contribution < 1.29 is 24.1 Å². The highest BCUT2D eigenvalue weighted by molar-refractivity contribution is 6.11. The molecule has 5 rings (SSSR count). The van der Waals surface area contributed by atoms with E-state index in [0.29, 0.717) is 18.7 Å². The van der Waals surface area contributed by atoms with Gasteiger partial charge in [-0.25, -0.2) is 9.40 Å². The van der Waals surface area contributed by atoms with Crippen molar-refractivity contribution in [2.24, 2.45) is 11.0 Å². The van der Waals surface area contributed by atoms with Crippen molar-refractivity contribution in [1.29, 1.82) is 0 Å². The molecule has 1 atom stereocenters. The van der Waals surface area contributed by atoms with Crippen molar-refractivity contribution in [1.82, 2.24) is 4.90 Å². The van der Waals surface area contributed by atoms with Gasteiger partial charge >= 0.3 is 0 Å². The molecule has 0 bridgehead atoms. The number of nitrogens with zero attached hydrogens (tertiary/aromatic N) is 3. The largest absolute Gasteiger partial charge is 0.494 e. The van der Waals surface area contributed by atoms with Crippen molar-refractivity contribution in [2.45, 2.75) is 25.7 Å². The zero-order valence-corrected chi connectivity index (χ0v) is 19.9. The van der Waals surface area contributed by atoms with Gasteiger partial charge in [0.25, 0.3) is 0 Å². The Morgan fingerprint density at radius 2 is 1.88 bits per heavy atom. The SMILES string of the molecule is Cl.O.O=C1CC2CCc3ccc(F)cc3C2=NN1c1ccc(OCCCN2CCOCC2)cc1. The molecule has 1 amide bonds. The summed E-state index contributed by atoms with van der Waals surface area (Å²) < 4.78 is 25.1. The maximum atomic E-state index is 13.9. The van der Waals surface area contributed by atoms with Crippen molar-refractivity contribution in [3.8, 4) is 5.75 Å². The lowest BCUT2D eigenvalue weighted by atomic mass is 9.79. The zero-order chi connectivity index (χ0) is 21.9. The molecule has 1 fully saturated rings. The van der Waals surface area contributed by atoms with Crippen LogP contribution in [0.1, 0.15) is 30.4 Å². The van der Waals surface area contributed by atoms with Crippen LogP contribution in [0.4, 0.5) is 10.1 Å². The van der Waals surface area contributed by atoms with Gasteiger partial charge in [-0.1, -0.05) is 6.07 Å². The van der Waals surface area contributed by atoms with Gasteiger partial charge in [0.2, 0.25) is 5.91 Å². The van der Waals surface area contributed by atoms with E-state index in [1.165, 1.54) is 11.1 Å². The molecule has 1 saturated heterocycles. The third-order valence-corrected chi connectivity index (χ3v) is 6.43. The summed E-state index contributed by atoms with van der Waals surface area (Å²) in [5, 5.41) is 6.12. The number of morpholine rings is 1. The highest BCUT2D eigenvalue weighted by atomic mass is 35.5. The number of rotatable bonds is 6. The van der Waals surface area contributed by atoms with Crippen LogP contribution in [0.3, 0.4) is 0 Å². The second kappa shape index (κ2) is 11.8. The van der Waals surface area contributed by atoms with E-state index in [1.807, 2.05) is 30.3 Å². The maximum absolute atomic E-state index is 13.9. The number of carbonyl (C=O) groups is 1. The minimum absolute atomic E-state index is 0. The van der Waals surface area contributed by atoms with Gasteiger partial charge < -0.3 is 14.9 Å². The Kier molecular flexibility index (Phi) is 9.02. The first-order chi connectivity index (χ1) is 15.7. The molecule has 2 aromatic carbocycles. The van der Waals surface area contributed by atoms with Gasteiger partial charge in [0.05, 0.1) is 31.2 Å². The molecule has 34 heavy (non-hydrogen) atoms. The van der Waals surface area contributed by atoms with E-state index in [4.69, 9.17) is 9.47 Å². The van der Waals surface area contributed by atoms with E-state index >= 15 is 0 Å². The summed E-state index contributed by atoms with van der Waals surface area (Å²) in [6.07, 6.45) is 3.07. The molecule has 2 heterocycles. The lowest BCUT2D eigenvalue weighted by molar-refractivity contribution is -0.119. The van der Waals surface area contributed by atoms with Gasteiger partial charge in [-0.3, -0.25) is 9.69 Å². The predicted octanol–water partition coefficient (Wildman–Crippen LogP) is 3.23.